The molecule has 2 heterocycles. The van der Waals surface area contributed by atoms with Gasteiger partial charge in [0.25, 0.3) is 0 Å². The average molecular weight is 344 g/mol. The molecule has 1 aromatic heterocycles. The molecule has 0 fully saturated rings. The van der Waals surface area contributed by atoms with E-state index in [2.05, 4.69) is 15.4 Å². The van der Waals surface area contributed by atoms with Gasteiger partial charge >= 0.3 is 0 Å². The van der Waals surface area contributed by atoms with Crippen molar-refractivity contribution in [2.45, 2.75) is 31.0 Å². The van der Waals surface area contributed by atoms with Gasteiger partial charge < -0.3 is 5.32 Å². The van der Waals surface area contributed by atoms with Crippen LogP contribution in [0.15, 0.2) is 41.2 Å². The molecule has 0 radical (unpaired) electrons. The topological polar surface area (TPSA) is 59.8 Å². The summed E-state index contributed by atoms with van der Waals surface area (Å²) in [7, 11) is 0. The number of aromatic nitrogens is 3. The molecular weight excluding hydrogens is 327 g/mol. The van der Waals surface area contributed by atoms with Crippen LogP contribution in [0.5, 0.6) is 0 Å². The van der Waals surface area contributed by atoms with E-state index in [9.17, 15) is 9.18 Å². The smallest absolute Gasteiger partial charge is 0.227 e. The molecule has 1 aromatic carbocycles. The molecule has 4 rings (SSSR count). The summed E-state index contributed by atoms with van der Waals surface area (Å²) in [4.78, 5) is 17.1. The molecule has 0 saturated carbocycles. The van der Waals surface area contributed by atoms with Gasteiger partial charge in [-0.3, -0.25) is 4.79 Å². The third kappa shape index (κ3) is 2.43. The molecule has 0 bridgehead atoms. The monoisotopic (exact) mass is 344 g/mol. The molecule has 2 aromatic rings. The van der Waals surface area contributed by atoms with Crippen molar-refractivity contribution in [1.82, 2.24) is 14.8 Å². The molecule has 0 amide bonds. The Morgan fingerprint density at radius 2 is 2.25 bits per heavy atom. The fourth-order valence-electron chi connectivity index (χ4n) is 3.37. The average Bonchev–Trinajstić information content (AvgIpc) is 2.96. The number of rotatable bonds is 3. The summed E-state index contributed by atoms with van der Waals surface area (Å²) in [5.41, 5.74) is 1.29. The molecule has 0 saturated heterocycles. The summed E-state index contributed by atoms with van der Waals surface area (Å²) in [6.07, 6.45) is 3.19. The van der Waals surface area contributed by atoms with Crippen molar-refractivity contribution in [2.24, 2.45) is 5.92 Å². The second kappa shape index (κ2) is 6.05. The van der Waals surface area contributed by atoms with Gasteiger partial charge in [0.1, 0.15) is 11.6 Å². The second-order valence-electron chi connectivity index (χ2n) is 5.83. The van der Waals surface area contributed by atoms with Crippen LogP contribution in [0.2, 0.25) is 0 Å². The summed E-state index contributed by atoms with van der Waals surface area (Å²) in [5, 5.41) is 8.38. The van der Waals surface area contributed by atoms with Crippen molar-refractivity contribution in [1.29, 1.82) is 0 Å². The van der Waals surface area contributed by atoms with Crippen LogP contribution in [0.1, 0.15) is 31.4 Å². The molecule has 1 N–H and O–H groups in total. The largest absolute Gasteiger partial charge is 0.328 e. The summed E-state index contributed by atoms with van der Waals surface area (Å²) in [6, 6.07) is 6.09. The Labute approximate surface area is 143 Å². The number of Topliss-reactive ketones (excluding diaryl/α,β-unsaturated/α-hetero) is 1. The maximum Gasteiger partial charge on any atom is 0.227 e. The number of halogens is 1. The number of benzene rings is 1. The van der Waals surface area contributed by atoms with E-state index >= 15 is 0 Å². The van der Waals surface area contributed by atoms with E-state index in [1.54, 1.807) is 22.9 Å². The van der Waals surface area contributed by atoms with Crippen LogP contribution in [-0.2, 0) is 4.79 Å². The third-order valence-corrected chi connectivity index (χ3v) is 5.10. The van der Waals surface area contributed by atoms with Crippen LogP contribution in [0.25, 0.3) is 0 Å². The van der Waals surface area contributed by atoms with E-state index < -0.39 is 12.0 Å². The van der Waals surface area contributed by atoms with Crippen LogP contribution in [0.4, 0.5) is 10.3 Å². The number of ketones is 1. The van der Waals surface area contributed by atoms with E-state index in [-0.39, 0.29) is 11.6 Å². The molecule has 1 aliphatic carbocycles. The van der Waals surface area contributed by atoms with Gasteiger partial charge in [-0.2, -0.15) is 4.98 Å². The van der Waals surface area contributed by atoms with Gasteiger partial charge in [-0.05, 0) is 18.2 Å². The maximum atomic E-state index is 14.5. The zero-order valence-electron chi connectivity index (χ0n) is 13.2. The lowest BCUT2D eigenvalue weighted by molar-refractivity contribution is -0.123. The predicted octanol–water partition coefficient (Wildman–Crippen LogP) is 3.41. The lowest BCUT2D eigenvalue weighted by Gasteiger charge is -2.36. The standard InChI is InChI=1S/C17H17FN4OS/c1-2-24-17-20-16-19-12-8-5-9-13(23)14(12)15(22(16)21-17)10-6-3-4-7-11(10)18/h3-4,6-8,14-15H,2,5,9H2,1H3,(H,19,20,21)/t14-,15-/m0/s1. The molecule has 0 spiro atoms. The van der Waals surface area contributed by atoms with Crippen LogP contribution < -0.4 is 5.32 Å². The fourth-order valence-corrected chi connectivity index (χ4v) is 3.93. The van der Waals surface area contributed by atoms with Crippen molar-refractivity contribution in [2.75, 3.05) is 11.1 Å². The summed E-state index contributed by atoms with van der Waals surface area (Å²) in [6.45, 7) is 2.03. The molecule has 124 valence electrons. The lowest BCUT2D eigenvalue weighted by atomic mass is 9.80. The minimum Gasteiger partial charge on any atom is -0.328 e. The quantitative estimate of drug-likeness (QED) is 0.865. The van der Waals surface area contributed by atoms with Gasteiger partial charge in [0.05, 0.1) is 12.0 Å². The molecule has 2 atom stereocenters. The van der Waals surface area contributed by atoms with Crippen molar-refractivity contribution in [3.05, 3.63) is 47.4 Å². The fraction of sp³-hybridized carbons (Fsp3) is 0.353. The van der Waals surface area contributed by atoms with Crippen LogP contribution in [0, 0.1) is 11.7 Å². The van der Waals surface area contributed by atoms with Gasteiger partial charge in [-0.25, -0.2) is 9.07 Å². The highest BCUT2D eigenvalue weighted by atomic mass is 32.2. The van der Waals surface area contributed by atoms with Crippen LogP contribution in [-0.4, -0.2) is 26.3 Å². The summed E-state index contributed by atoms with van der Waals surface area (Å²) < 4.78 is 16.2. The zero-order chi connectivity index (χ0) is 16.7. The zero-order valence-corrected chi connectivity index (χ0v) is 14.0. The molecule has 0 unspecified atom stereocenters. The normalized spacial score (nSPS) is 22.4. The van der Waals surface area contributed by atoms with Crippen molar-refractivity contribution in [3.63, 3.8) is 0 Å². The van der Waals surface area contributed by atoms with Crippen molar-refractivity contribution >= 4 is 23.5 Å². The number of thioether (sulfide) groups is 1. The number of nitrogens with zero attached hydrogens (tertiary/aromatic N) is 3. The highest BCUT2D eigenvalue weighted by molar-refractivity contribution is 7.99. The number of carbonyl (C=O) groups excluding carboxylic acids is 1. The molecular formula is C17H17FN4OS. The summed E-state index contributed by atoms with van der Waals surface area (Å²) in [5.74, 6) is 0.756. The van der Waals surface area contributed by atoms with Gasteiger partial charge in [0.15, 0.2) is 0 Å². The predicted molar refractivity (Wildman–Crippen MR) is 90.4 cm³/mol. The second-order valence-corrected chi connectivity index (χ2v) is 7.06. The lowest BCUT2D eigenvalue weighted by Crippen LogP contribution is -2.39. The van der Waals surface area contributed by atoms with Gasteiger partial charge in [-0.15, -0.1) is 5.10 Å². The Hall–Kier alpha value is -2.15. The van der Waals surface area contributed by atoms with Gasteiger partial charge in [0.2, 0.25) is 11.1 Å². The van der Waals surface area contributed by atoms with E-state index in [0.717, 1.165) is 11.4 Å². The Kier molecular flexibility index (Phi) is 3.88. The highest BCUT2D eigenvalue weighted by Crippen LogP contribution is 2.42. The van der Waals surface area contributed by atoms with E-state index in [1.165, 1.54) is 17.8 Å². The summed E-state index contributed by atoms with van der Waals surface area (Å²) >= 11 is 1.52. The SMILES string of the molecule is CCSc1nc2n(n1)[C@@H](c1ccccc1F)[C@@H]1C(=O)CCC=C1N2. The first-order valence-electron chi connectivity index (χ1n) is 8.02. The van der Waals surface area contributed by atoms with Crippen molar-refractivity contribution < 1.29 is 9.18 Å². The van der Waals surface area contributed by atoms with Gasteiger partial charge in [0, 0.05) is 17.7 Å². The number of hydrogen-bond donors (Lipinski definition) is 1. The van der Waals surface area contributed by atoms with Crippen molar-refractivity contribution in [3.8, 4) is 0 Å². The third-order valence-electron chi connectivity index (χ3n) is 4.38. The number of anilines is 1. The highest BCUT2D eigenvalue weighted by Gasteiger charge is 2.42. The number of fused-ring (bicyclic) bond motifs is 2. The van der Waals surface area contributed by atoms with E-state index in [1.807, 2.05) is 13.0 Å². The molecule has 2 aliphatic rings. The number of hydrogen-bond acceptors (Lipinski definition) is 5. The number of nitrogens with one attached hydrogen (secondary N) is 1. The first-order valence-corrected chi connectivity index (χ1v) is 9.01. The van der Waals surface area contributed by atoms with E-state index in [4.69, 9.17) is 0 Å². The Morgan fingerprint density at radius 3 is 3.04 bits per heavy atom. The maximum absolute atomic E-state index is 14.5. The Balaban J connectivity index is 1.90. The number of carbonyl (C=O) groups is 1. The minimum absolute atomic E-state index is 0.110. The minimum atomic E-state index is -0.500. The Morgan fingerprint density at radius 1 is 1.42 bits per heavy atom. The first-order chi connectivity index (χ1) is 11.7. The van der Waals surface area contributed by atoms with Crippen LogP contribution >= 0.6 is 11.8 Å². The molecule has 24 heavy (non-hydrogen) atoms. The molecule has 7 heteroatoms. The molecule has 1 aliphatic heterocycles. The van der Waals surface area contributed by atoms with E-state index in [0.29, 0.717) is 29.5 Å². The van der Waals surface area contributed by atoms with Crippen LogP contribution in [0.3, 0.4) is 0 Å². The van der Waals surface area contributed by atoms with Gasteiger partial charge in [-0.1, -0.05) is 43.0 Å². The first kappa shape index (κ1) is 15.4. The Bertz CT molecular complexity index is 832. The molecule has 5 nitrogen and oxygen atoms in total. The number of allylic oxidation sites excluding steroid dienone is 2.